The fourth-order valence-electron chi connectivity index (χ4n) is 1.47. The Balaban J connectivity index is 2.65. The van der Waals surface area contributed by atoms with Crippen LogP contribution in [0.5, 0.6) is 0 Å². The van der Waals surface area contributed by atoms with Crippen LogP contribution in [0.25, 0.3) is 0 Å². The van der Waals surface area contributed by atoms with Crippen molar-refractivity contribution in [2.24, 2.45) is 0 Å². The molecule has 1 heterocycles. The van der Waals surface area contributed by atoms with Crippen molar-refractivity contribution in [3.05, 3.63) is 18.3 Å². The van der Waals surface area contributed by atoms with Gasteiger partial charge in [0.1, 0.15) is 0 Å². The summed E-state index contributed by atoms with van der Waals surface area (Å²) in [5, 5.41) is 3.40. The van der Waals surface area contributed by atoms with Crippen LogP contribution in [0.3, 0.4) is 0 Å². The second-order valence-corrected chi connectivity index (χ2v) is 3.97. The molecule has 4 nitrogen and oxygen atoms in total. The van der Waals surface area contributed by atoms with Crippen molar-refractivity contribution in [3.8, 4) is 0 Å². The second kappa shape index (κ2) is 6.33. The highest BCUT2D eigenvalue weighted by molar-refractivity contribution is 5.64. The van der Waals surface area contributed by atoms with E-state index in [0.29, 0.717) is 6.61 Å². The summed E-state index contributed by atoms with van der Waals surface area (Å²) in [5.41, 5.74) is 1.04. The molecule has 1 aromatic rings. The quantitative estimate of drug-likeness (QED) is 0.800. The van der Waals surface area contributed by atoms with Crippen molar-refractivity contribution in [2.75, 3.05) is 37.5 Å². The third kappa shape index (κ3) is 3.70. The van der Waals surface area contributed by atoms with Crippen molar-refractivity contribution >= 4 is 11.5 Å². The predicted octanol–water partition coefficient (Wildman–Crippen LogP) is 1.98. The minimum absolute atomic E-state index is 0.280. The molecule has 0 saturated carbocycles. The number of anilines is 2. The molecule has 0 aromatic carbocycles. The Kier molecular flexibility index (Phi) is 5.05. The SMILES string of the molecule is CCOCC(C)Nc1cccnc1N(C)C. The second-order valence-electron chi connectivity index (χ2n) is 3.97. The van der Waals surface area contributed by atoms with Crippen LogP contribution in [0.4, 0.5) is 11.5 Å². The molecular weight excluding hydrogens is 202 g/mol. The summed E-state index contributed by atoms with van der Waals surface area (Å²) < 4.78 is 5.37. The van der Waals surface area contributed by atoms with Crippen LogP contribution in [0, 0.1) is 0 Å². The molecule has 1 N–H and O–H groups in total. The van der Waals surface area contributed by atoms with Gasteiger partial charge in [0, 0.05) is 32.9 Å². The van der Waals surface area contributed by atoms with E-state index in [4.69, 9.17) is 4.74 Å². The van der Waals surface area contributed by atoms with Gasteiger partial charge in [-0.15, -0.1) is 0 Å². The van der Waals surface area contributed by atoms with Crippen molar-refractivity contribution < 1.29 is 4.74 Å². The molecule has 0 bridgehead atoms. The Morgan fingerprint density at radius 3 is 2.88 bits per heavy atom. The number of hydrogen-bond donors (Lipinski definition) is 1. The molecule has 0 aliphatic carbocycles. The maximum Gasteiger partial charge on any atom is 0.151 e. The highest BCUT2D eigenvalue weighted by atomic mass is 16.5. The average molecular weight is 223 g/mol. The van der Waals surface area contributed by atoms with E-state index in [1.54, 1.807) is 6.20 Å². The van der Waals surface area contributed by atoms with E-state index in [1.165, 1.54) is 0 Å². The van der Waals surface area contributed by atoms with Gasteiger partial charge in [-0.3, -0.25) is 0 Å². The van der Waals surface area contributed by atoms with E-state index >= 15 is 0 Å². The van der Waals surface area contributed by atoms with Gasteiger partial charge in [0.2, 0.25) is 0 Å². The molecule has 0 fully saturated rings. The zero-order valence-corrected chi connectivity index (χ0v) is 10.5. The summed E-state index contributed by atoms with van der Waals surface area (Å²) in [5.74, 6) is 0.950. The first-order chi connectivity index (χ1) is 7.65. The third-order valence-electron chi connectivity index (χ3n) is 2.18. The Morgan fingerprint density at radius 1 is 1.50 bits per heavy atom. The summed E-state index contributed by atoms with van der Waals surface area (Å²) in [4.78, 5) is 6.33. The maximum absolute atomic E-state index is 5.37. The smallest absolute Gasteiger partial charge is 0.151 e. The molecule has 0 spiro atoms. The van der Waals surface area contributed by atoms with Gasteiger partial charge >= 0.3 is 0 Å². The highest BCUT2D eigenvalue weighted by Crippen LogP contribution is 2.20. The Morgan fingerprint density at radius 2 is 2.25 bits per heavy atom. The number of nitrogens with zero attached hydrogens (tertiary/aromatic N) is 2. The van der Waals surface area contributed by atoms with Crippen molar-refractivity contribution in [1.82, 2.24) is 4.98 Å². The lowest BCUT2D eigenvalue weighted by atomic mass is 10.3. The molecule has 1 rings (SSSR count). The zero-order valence-electron chi connectivity index (χ0n) is 10.5. The maximum atomic E-state index is 5.37. The minimum Gasteiger partial charge on any atom is -0.380 e. The Bertz CT molecular complexity index is 315. The lowest BCUT2D eigenvalue weighted by molar-refractivity contribution is 0.141. The summed E-state index contributed by atoms with van der Waals surface area (Å²) in [7, 11) is 3.97. The van der Waals surface area contributed by atoms with Gasteiger partial charge in [0.25, 0.3) is 0 Å². The molecule has 0 aliphatic rings. The van der Waals surface area contributed by atoms with Crippen molar-refractivity contribution in [3.63, 3.8) is 0 Å². The van der Waals surface area contributed by atoms with E-state index in [1.807, 2.05) is 38.1 Å². The van der Waals surface area contributed by atoms with Crippen LogP contribution in [0.1, 0.15) is 13.8 Å². The normalized spacial score (nSPS) is 12.2. The van der Waals surface area contributed by atoms with Gasteiger partial charge in [-0.2, -0.15) is 0 Å². The summed E-state index contributed by atoms with van der Waals surface area (Å²) in [6, 6.07) is 4.25. The van der Waals surface area contributed by atoms with E-state index in [9.17, 15) is 0 Å². The Hall–Kier alpha value is -1.29. The summed E-state index contributed by atoms with van der Waals surface area (Å²) in [6.07, 6.45) is 1.80. The standard InChI is InChI=1S/C12H21N3O/c1-5-16-9-10(2)14-11-7-6-8-13-12(11)15(3)4/h6-8,10,14H,5,9H2,1-4H3. The molecule has 0 aliphatic heterocycles. The molecule has 0 saturated heterocycles. The van der Waals surface area contributed by atoms with Crippen LogP contribution in [-0.4, -0.2) is 38.3 Å². The molecule has 1 unspecified atom stereocenters. The molecule has 90 valence electrons. The first-order valence-electron chi connectivity index (χ1n) is 5.61. The summed E-state index contributed by atoms with van der Waals surface area (Å²) in [6.45, 7) is 5.56. The van der Waals surface area contributed by atoms with Gasteiger partial charge in [0.15, 0.2) is 5.82 Å². The number of nitrogens with one attached hydrogen (secondary N) is 1. The van der Waals surface area contributed by atoms with Gasteiger partial charge in [0.05, 0.1) is 12.3 Å². The fourth-order valence-corrected chi connectivity index (χ4v) is 1.47. The van der Waals surface area contributed by atoms with Crippen LogP contribution in [-0.2, 0) is 4.74 Å². The van der Waals surface area contributed by atoms with Crippen molar-refractivity contribution in [2.45, 2.75) is 19.9 Å². The Labute approximate surface area is 97.6 Å². The molecule has 1 atom stereocenters. The van der Waals surface area contributed by atoms with E-state index in [2.05, 4.69) is 17.2 Å². The van der Waals surface area contributed by atoms with Gasteiger partial charge in [-0.1, -0.05) is 0 Å². The third-order valence-corrected chi connectivity index (χ3v) is 2.18. The first kappa shape index (κ1) is 12.8. The van der Waals surface area contributed by atoms with E-state index < -0.39 is 0 Å². The number of aromatic nitrogens is 1. The fraction of sp³-hybridized carbons (Fsp3) is 0.583. The first-order valence-corrected chi connectivity index (χ1v) is 5.61. The minimum atomic E-state index is 0.280. The highest BCUT2D eigenvalue weighted by Gasteiger charge is 2.08. The van der Waals surface area contributed by atoms with Gasteiger partial charge in [-0.05, 0) is 26.0 Å². The topological polar surface area (TPSA) is 37.4 Å². The lowest BCUT2D eigenvalue weighted by Gasteiger charge is -2.20. The van der Waals surface area contributed by atoms with Crippen molar-refractivity contribution in [1.29, 1.82) is 0 Å². The molecular formula is C12H21N3O. The molecule has 0 radical (unpaired) electrons. The van der Waals surface area contributed by atoms with E-state index in [0.717, 1.165) is 18.1 Å². The number of pyridine rings is 1. The average Bonchev–Trinajstić information content (AvgIpc) is 2.27. The van der Waals surface area contributed by atoms with Crippen LogP contribution in [0.2, 0.25) is 0 Å². The monoisotopic (exact) mass is 223 g/mol. The largest absolute Gasteiger partial charge is 0.380 e. The molecule has 4 heteroatoms. The number of hydrogen-bond acceptors (Lipinski definition) is 4. The van der Waals surface area contributed by atoms with E-state index in [-0.39, 0.29) is 6.04 Å². The van der Waals surface area contributed by atoms with Gasteiger partial charge < -0.3 is 15.0 Å². The van der Waals surface area contributed by atoms with Crippen LogP contribution >= 0.6 is 0 Å². The zero-order chi connectivity index (χ0) is 12.0. The summed E-state index contributed by atoms with van der Waals surface area (Å²) >= 11 is 0. The molecule has 16 heavy (non-hydrogen) atoms. The predicted molar refractivity (Wildman–Crippen MR) is 68.1 cm³/mol. The van der Waals surface area contributed by atoms with Gasteiger partial charge in [-0.25, -0.2) is 4.98 Å². The number of ether oxygens (including phenoxy) is 1. The molecule has 1 aromatic heterocycles. The number of rotatable bonds is 6. The lowest BCUT2D eigenvalue weighted by Crippen LogP contribution is -2.23. The molecule has 0 amide bonds. The van der Waals surface area contributed by atoms with Crippen LogP contribution in [0.15, 0.2) is 18.3 Å². The van der Waals surface area contributed by atoms with Crippen LogP contribution < -0.4 is 10.2 Å².